The largest absolute Gasteiger partial charge is 0.320 e. The smallest absolute Gasteiger partial charge is 0.146 e. The number of nitrogens with two attached hydrogens (primary N) is 1. The molecule has 0 aliphatic heterocycles. The van der Waals surface area contributed by atoms with E-state index in [0.29, 0.717) is 5.56 Å². The van der Waals surface area contributed by atoms with Gasteiger partial charge >= 0.3 is 0 Å². The Hall–Kier alpha value is -1.26. The highest BCUT2D eigenvalue weighted by Crippen LogP contribution is 2.28. The Labute approximate surface area is 91.6 Å². The van der Waals surface area contributed by atoms with E-state index in [1.807, 2.05) is 18.4 Å². The zero-order chi connectivity index (χ0) is 10.8. The number of aryl methyl sites for hydroxylation is 1. The van der Waals surface area contributed by atoms with E-state index in [4.69, 9.17) is 5.73 Å². The quantitative estimate of drug-likeness (QED) is 0.848. The SMILES string of the molecule is Cc1ccsc1C(N)c1ccncc1F. The van der Waals surface area contributed by atoms with Crippen LogP contribution in [0.15, 0.2) is 29.9 Å². The first kappa shape index (κ1) is 10.3. The lowest BCUT2D eigenvalue weighted by Crippen LogP contribution is -2.13. The molecule has 0 aliphatic rings. The van der Waals surface area contributed by atoms with E-state index in [-0.39, 0.29) is 5.82 Å². The number of nitrogens with zero attached hydrogens (tertiary/aromatic N) is 1. The van der Waals surface area contributed by atoms with Crippen LogP contribution in [-0.4, -0.2) is 4.98 Å². The average Bonchev–Trinajstić information content (AvgIpc) is 2.64. The number of hydrogen-bond acceptors (Lipinski definition) is 3. The van der Waals surface area contributed by atoms with Crippen molar-refractivity contribution in [2.24, 2.45) is 5.73 Å². The topological polar surface area (TPSA) is 38.9 Å². The minimum absolute atomic E-state index is 0.349. The van der Waals surface area contributed by atoms with Gasteiger partial charge in [-0.05, 0) is 30.0 Å². The van der Waals surface area contributed by atoms with Crippen molar-refractivity contribution < 1.29 is 4.39 Å². The maximum atomic E-state index is 13.4. The molecule has 4 heteroatoms. The number of rotatable bonds is 2. The molecule has 0 radical (unpaired) electrons. The van der Waals surface area contributed by atoms with Crippen molar-refractivity contribution in [3.05, 3.63) is 51.7 Å². The molecule has 0 saturated heterocycles. The van der Waals surface area contributed by atoms with Crippen LogP contribution in [0.3, 0.4) is 0 Å². The molecule has 1 unspecified atom stereocenters. The Balaban J connectivity index is 2.41. The summed E-state index contributed by atoms with van der Waals surface area (Å²) in [5.74, 6) is -0.349. The van der Waals surface area contributed by atoms with Gasteiger partial charge in [-0.2, -0.15) is 0 Å². The van der Waals surface area contributed by atoms with E-state index in [1.54, 1.807) is 23.6 Å². The number of aromatic nitrogens is 1. The summed E-state index contributed by atoms with van der Waals surface area (Å²) in [5, 5.41) is 1.96. The van der Waals surface area contributed by atoms with Crippen LogP contribution in [-0.2, 0) is 0 Å². The lowest BCUT2D eigenvalue weighted by Gasteiger charge is -2.11. The average molecular weight is 222 g/mol. The van der Waals surface area contributed by atoms with E-state index in [1.165, 1.54) is 6.20 Å². The van der Waals surface area contributed by atoms with E-state index in [0.717, 1.165) is 10.4 Å². The molecule has 0 spiro atoms. The molecule has 0 saturated carbocycles. The molecule has 0 amide bonds. The van der Waals surface area contributed by atoms with Gasteiger partial charge in [0.05, 0.1) is 12.2 Å². The fraction of sp³-hybridized carbons (Fsp3) is 0.182. The summed E-state index contributed by atoms with van der Waals surface area (Å²) in [7, 11) is 0. The molecule has 0 aliphatic carbocycles. The van der Waals surface area contributed by atoms with Crippen molar-refractivity contribution in [1.82, 2.24) is 4.98 Å². The molecule has 0 bridgehead atoms. The van der Waals surface area contributed by atoms with Crippen molar-refractivity contribution in [3.63, 3.8) is 0 Å². The summed E-state index contributed by atoms with van der Waals surface area (Å²) in [6.45, 7) is 1.98. The first-order chi connectivity index (χ1) is 7.20. The van der Waals surface area contributed by atoms with Gasteiger partial charge in [-0.3, -0.25) is 4.98 Å². The van der Waals surface area contributed by atoms with E-state index in [9.17, 15) is 4.39 Å². The molecule has 2 heterocycles. The van der Waals surface area contributed by atoms with Gasteiger partial charge in [0.1, 0.15) is 5.82 Å². The Morgan fingerprint density at radius 3 is 2.87 bits per heavy atom. The molecule has 2 aromatic rings. The van der Waals surface area contributed by atoms with Gasteiger partial charge < -0.3 is 5.73 Å². The number of halogens is 1. The first-order valence-electron chi connectivity index (χ1n) is 4.59. The van der Waals surface area contributed by atoms with Crippen LogP contribution in [0.25, 0.3) is 0 Å². The lowest BCUT2D eigenvalue weighted by molar-refractivity contribution is 0.594. The maximum absolute atomic E-state index is 13.4. The van der Waals surface area contributed by atoms with Gasteiger partial charge in [-0.15, -0.1) is 11.3 Å². The van der Waals surface area contributed by atoms with Crippen LogP contribution >= 0.6 is 11.3 Å². The minimum atomic E-state index is -0.395. The van der Waals surface area contributed by atoms with Gasteiger partial charge in [0.2, 0.25) is 0 Å². The van der Waals surface area contributed by atoms with E-state index < -0.39 is 6.04 Å². The second kappa shape index (κ2) is 4.08. The van der Waals surface area contributed by atoms with Crippen molar-refractivity contribution in [2.45, 2.75) is 13.0 Å². The monoisotopic (exact) mass is 222 g/mol. The van der Waals surface area contributed by atoms with Crippen molar-refractivity contribution in [1.29, 1.82) is 0 Å². The van der Waals surface area contributed by atoms with Crippen LogP contribution in [0.4, 0.5) is 4.39 Å². The lowest BCUT2D eigenvalue weighted by atomic mass is 10.1. The summed E-state index contributed by atoms with van der Waals surface area (Å²) in [6.07, 6.45) is 2.75. The van der Waals surface area contributed by atoms with Crippen LogP contribution in [0, 0.1) is 12.7 Å². The van der Waals surface area contributed by atoms with Crippen LogP contribution in [0.5, 0.6) is 0 Å². The van der Waals surface area contributed by atoms with Crippen LogP contribution in [0.1, 0.15) is 22.0 Å². The summed E-state index contributed by atoms with van der Waals surface area (Å²) in [5.41, 5.74) is 7.60. The van der Waals surface area contributed by atoms with Gasteiger partial charge in [0, 0.05) is 16.6 Å². The molecular weight excluding hydrogens is 211 g/mol. The summed E-state index contributed by atoms with van der Waals surface area (Å²) in [6, 6.07) is 3.21. The zero-order valence-corrected chi connectivity index (χ0v) is 9.09. The highest BCUT2D eigenvalue weighted by Gasteiger charge is 2.16. The highest BCUT2D eigenvalue weighted by atomic mass is 32.1. The summed E-state index contributed by atoms with van der Waals surface area (Å²) >= 11 is 1.55. The summed E-state index contributed by atoms with van der Waals surface area (Å²) in [4.78, 5) is 4.70. The maximum Gasteiger partial charge on any atom is 0.146 e. The van der Waals surface area contributed by atoms with E-state index >= 15 is 0 Å². The van der Waals surface area contributed by atoms with Crippen molar-refractivity contribution in [3.8, 4) is 0 Å². The Morgan fingerprint density at radius 2 is 2.27 bits per heavy atom. The second-order valence-corrected chi connectivity index (χ2v) is 4.29. The molecule has 2 aromatic heterocycles. The molecule has 2 nitrogen and oxygen atoms in total. The summed E-state index contributed by atoms with van der Waals surface area (Å²) < 4.78 is 13.4. The number of pyridine rings is 1. The molecular formula is C11H11FN2S. The molecule has 0 aromatic carbocycles. The third-order valence-electron chi connectivity index (χ3n) is 2.32. The zero-order valence-electron chi connectivity index (χ0n) is 8.27. The van der Waals surface area contributed by atoms with Crippen LogP contribution < -0.4 is 5.73 Å². The van der Waals surface area contributed by atoms with Gasteiger partial charge in [-0.25, -0.2) is 4.39 Å². The van der Waals surface area contributed by atoms with E-state index in [2.05, 4.69) is 4.98 Å². The van der Waals surface area contributed by atoms with Crippen molar-refractivity contribution in [2.75, 3.05) is 0 Å². The van der Waals surface area contributed by atoms with Gasteiger partial charge in [0.25, 0.3) is 0 Å². The Kier molecular flexibility index (Phi) is 2.79. The predicted molar refractivity (Wildman–Crippen MR) is 59.3 cm³/mol. The second-order valence-electron chi connectivity index (χ2n) is 3.34. The third-order valence-corrected chi connectivity index (χ3v) is 3.43. The Morgan fingerprint density at radius 1 is 1.47 bits per heavy atom. The number of thiophene rings is 1. The Bertz CT molecular complexity index is 467. The van der Waals surface area contributed by atoms with Crippen LogP contribution in [0.2, 0.25) is 0 Å². The standard InChI is InChI=1S/C11H11FN2S/c1-7-3-5-15-11(7)10(13)8-2-4-14-6-9(8)12/h2-6,10H,13H2,1H3. The number of hydrogen-bond donors (Lipinski definition) is 1. The minimum Gasteiger partial charge on any atom is -0.320 e. The van der Waals surface area contributed by atoms with Gasteiger partial charge in [-0.1, -0.05) is 0 Å². The molecule has 2 rings (SSSR count). The molecule has 78 valence electrons. The van der Waals surface area contributed by atoms with Crippen molar-refractivity contribution >= 4 is 11.3 Å². The molecule has 2 N–H and O–H groups in total. The fourth-order valence-corrected chi connectivity index (χ4v) is 2.43. The van der Waals surface area contributed by atoms with Gasteiger partial charge in [0.15, 0.2) is 0 Å². The molecule has 1 atom stereocenters. The molecule has 15 heavy (non-hydrogen) atoms. The normalized spacial score (nSPS) is 12.7. The molecule has 0 fully saturated rings. The first-order valence-corrected chi connectivity index (χ1v) is 5.47. The third kappa shape index (κ3) is 1.91. The fourth-order valence-electron chi connectivity index (χ4n) is 1.48. The highest BCUT2D eigenvalue weighted by molar-refractivity contribution is 7.10. The predicted octanol–water partition coefficient (Wildman–Crippen LogP) is 2.64.